The highest BCUT2D eigenvalue weighted by atomic mass is 32.1. The first-order valence-electron chi connectivity index (χ1n) is 7.05. The molecule has 1 atom stereocenters. The first kappa shape index (κ1) is 13.1. The first-order chi connectivity index (χ1) is 8.24. The molecule has 96 valence electrons. The number of hydrogen-bond donors (Lipinski definition) is 1. The van der Waals surface area contributed by atoms with Crippen molar-refractivity contribution < 1.29 is 0 Å². The molecule has 1 saturated carbocycles. The molecule has 1 fully saturated rings. The average Bonchev–Trinajstić information content (AvgIpc) is 2.53. The largest absolute Gasteiger partial charge is 0.311 e. The zero-order valence-electron chi connectivity index (χ0n) is 11.2. The lowest BCUT2D eigenvalue weighted by atomic mass is 10.1. The lowest BCUT2D eigenvalue weighted by Gasteiger charge is -2.21. The van der Waals surface area contributed by atoms with E-state index in [-0.39, 0.29) is 0 Å². The molecule has 0 aliphatic heterocycles. The third-order valence-electron chi connectivity index (χ3n) is 3.68. The third-order valence-corrected chi connectivity index (χ3v) is 4.70. The summed E-state index contributed by atoms with van der Waals surface area (Å²) in [6.45, 7) is 4.53. The van der Waals surface area contributed by atoms with E-state index in [0.717, 1.165) is 6.04 Å². The monoisotopic (exact) mass is 251 g/mol. The van der Waals surface area contributed by atoms with Crippen LogP contribution >= 0.6 is 11.3 Å². The molecule has 1 N–H and O–H groups in total. The van der Waals surface area contributed by atoms with Gasteiger partial charge in [-0.3, -0.25) is 0 Å². The molecule has 0 spiro atoms. The van der Waals surface area contributed by atoms with Gasteiger partial charge in [0, 0.05) is 21.8 Å². The van der Waals surface area contributed by atoms with E-state index >= 15 is 0 Å². The third kappa shape index (κ3) is 4.44. The van der Waals surface area contributed by atoms with Crippen molar-refractivity contribution in [3.63, 3.8) is 0 Å². The molecule has 1 aliphatic carbocycles. The molecule has 0 saturated heterocycles. The summed E-state index contributed by atoms with van der Waals surface area (Å²) in [6, 6.07) is 5.91. The van der Waals surface area contributed by atoms with E-state index in [0.29, 0.717) is 6.04 Å². The van der Waals surface area contributed by atoms with Crippen LogP contribution in [0.25, 0.3) is 0 Å². The standard InChI is InChI=1S/C15H25NS/c1-12(11-15-10-9-13(2)17-15)16-14-7-5-3-4-6-8-14/h9-10,12,14,16H,3-8,11H2,1-2H3. The van der Waals surface area contributed by atoms with Crippen LogP contribution in [-0.2, 0) is 6.42 Å². The number of rotatable bonds is 4. The van der Waals surface area contributed by atoms with E-state index < -0.39 is 0 Å². The van der Waals surface area contributed by atoms with Crippen LogP contribution in [0, 0.1) is 6.92 Å². The number of nitrogens with one attached hydrogen (secondary N) is 1. The fraction of sp³-hybridized carbons (Fsp3) is 0.733. The molecule has 1 heterocycles. The zero-order chi connectivity index (χ0) is 12.1. The van der Waals surface area contributed by atoms with Crippen LogP contribution in [0.1, 0.15) is 55.2 Å². The van der Waals surface area contributed by atoms with Gasteiger partial charge in [0.2, 0.25) is 0 Å². The van der Waals surface area contributed by atoms with Gasteiger partial charge < -0.3 is 5.32 Å². The smallest absolute Gasteiger partial charge is 0.00896 e. The fourth-order valence-electron chi connectivity index (χ4n) is 2.80. The van der Waals surface area contributed by atoms with Crippen molar-refractivity contribution in [1.29, 1.82) is 0 Å². The quantitative estimate of drug-likeness (QED) is 0.787. The van der Waals surface area contributed by atoms with Crippen LogP contribution in [0.15, 0.2) is 12.1 Å². The van der Waals surface area contributed by atoms with E-state index in [9.17, 15) is 0 Å². The molecule has 0 amide bonds. The summed E-state index contributed by atoms with van der Waals surface area (Å²) in [4.78, 5) is 2.96. The maximum absolute atomic E-state index is 3.82. The van der Waals surface area contributed by atoms with Crippen molar-refractivity contribution in [2.75, 3.05) is 0 Å². The van der Waals surface area contributed by atoms with Gasteiger partial charge in [-0.1, -0.05) is 25.7 Å². The summed E-state index contributed by atoms with van der Waals surface area (Å²) in [7, 11) is 0. The van der Waals surface area contributed by atoms with Crippen molar-refractivity contribution in [2.24, 2.45) is 0 Å². The second kappa shape index (κ2) is 6.55. The molecule has 1 aromatic rings. The Balaban J connectivity index is 1.77. The van der Waals surface area contributed by atoms with Crippen molar-refractivity contribution in [3.8, 4) is 0 Å². The SMILES string of the molecule is Cc1ccc(CC(C)NC2CCCCCC2)s1. The van der Waals surface area contributed by atoms with Crippen LogP contribution in [0.3, 0.4) is 0 Å². The molecule has 1 aromatic heterocycles. The van der Waals surface area contributed by atoms with Crippen molar-refractivity contribution in [3.05, 3.63) is 21.9 Å². The summed E-state index contributed by atoms with van der Waals surface area (Å²) < 4.78 is 0. The van der Waals surface area contributed by atoms with Gasteiger partial charge in [-0.05, 0) is 45.2 Å². The molecule has 17 heavy (non-hydrogen) atoms. The Morgan fingerprint density at radius 2 is 1.94 bits per heavy atom. The van der Waals surface area contributed by atoms with E-state index in [1.54, 1.807) is 0 Å². The Morgan fingerprint density at radius 3 is 2.53 bits per heavy atom. The lowest BCUT2D eigenvalue weighted by Crippen LogP contribution is -2.37. The number of thiophene rings is 1. The van der Waals surface area contributed by atoms with Crippen LogP contribution in [0.4, 0.5) is 0 Å². The predicted molar refractivity (Wildman–Crippen MR) is 76.8 cm³/mol. The molecule has 1 nitrogen and oxygen atoms in total. The summed E-state index contributed by atoms with van der Waals surface area (Å²) in [5.74, 6) is 0. The van der Waals surface area contributed by atoms with E-state index in [2.05, 4.69) is 31.3 Å². The Labute approximate surface area is 110 Å². The van der Waals surface area contributed by atoms with Crippen LogP contribution in [0.5, 0.6) is 0 Å². The Hall–Kier alpha value is -0.340. The number of aryl methyl sites for hydroxylation is 1. The summed E-state index contributed by atoms with van der Waals surface area (Å²) in [5, 5.41) is 3.82. The molecule has 0 aromatic carbocycles. The molecule has 0 radical (unpaired) electrons. The van der Waals surface area contributed by atoms with Gasteiger partial charge in [0.05, 0.1) is 0 Å². The highest BCUT2D eigenvalue weighted by Gasteiger charge is 2.14. The molecule has 0 bridgehead atoms. The molecular formula is C15H25NS. The minimum absolute atomic E-state index is 0.621. The molecule has 2 rings (SSSR count). The fourth-order valence-corrected chi connectivity index (χ4v) is 3.82. The van der Waals surface area contributed by atoms with Gasteiger partial charge in [0.25, 0.3) is 0 Å². The minimum Gasteiger partial charge on any atom is -0.311 e. The maximum atomic E-state index is 3.82. The summed E-state index contributed by atoms with van der Waals surface area (Å²) >= 11 is 1.94. The van der Waals surface area contributed by atoms with E-state index in [1.165, 1.54) is 54.7 Å². The van der Waals surface area contributed by atoms with Crippen molar-refractivity contribution >= 4 is 11.3 Å². The van der Waals surface area contributed by atoms with Gasteiger partial charge in [-0.2, -0.15) is 0 Å². The van der Waals surface area contributed by atoms with Crippen LogP contribution in [-0.4, -0.2) is 12.1 Å². The summed E-state index contributed by atoms with van der Waals surface area (Å²) in [6.07, 6.45) is 9.68. The lowest BCUT2D eigenvalue weighted by molar-refractivity contribution is 0.407. The highest BCUT2D eigenvalue weighted by Crippen LogP contribution is 2.20. The van der Waals surface area contributed by atoms with Crippen LogP contribution < -0.4 is 5.32 Å². The minimum atomic E-state index is 0.621. The predicted octanol–water partition coefficient (Wildman–Crippen LogP) is 4.30. The molecule has 1 unspecified atom stereocenters. The second-order valence-corrected chi connectivity index (χ2v) is 6.85. The normalized spacial score (nSPS) is 20.1. The molecule has 1 aliphatic rings. The van der Waals surface area contributed by atoms with Crippen molar-refractivity contribution in [1.82, 2.24) is 5.32 Å². The Morgan fingerprint density at radius 1 is 1.24 bits per heavy atom. The van der Waals surface area contributed by atoms with Gasteiger partial charge in [-0.15, -0.1) is 11.3 Å². The maximum Gasteiger partial charge on any atom is 0.00896 e. The van der Waals surface area contributed by atoms with Gasteiger partial charge in [0.15, 0.2) is 0 Å². The molecular weight excluding hydrogens is 226 g/mol. The highest BCUT2D eigenvalue weighted by molar-refractivity contribution is 7.11. The Kier molecular flexibility index (Phi) is 5.05. The van der Waals surface area contributed by atoms with Gasteiger partial charge in [-0.25, -0.2) is 0 Å². The van der Waals surface area contributed by atoms with Gasteiger partial charge in [0.1, 0.15) is 0 Å². The molecule has 2 heteroatoms. The second-order valence-electron chi connectivity index (χ2n) is 5.47. The van der Waals surface area contributed by atoms with Gasteiger partial charge >= 0.3 is 0 Å². The Bertz CT molecular complexity index is 323. The van der Waals surface area contributed by atoms with Crippen LogP contribution in [0.2, 0.25) is 0 Å². The van der Waals surface area contributed by atoms with Crippen molar-refractivity contribution in [2.45, 2.75) is 70.9 Å². The number of hydrogen-bond acceptors (Lipinski definition) is 2. The zero-order valence-corrected chi connectivity index (χ0v) is 12.0. The average molecular weight is 251 g/mol. The summed E-state index contributed by atoms with van der Waals surface area (Å²) in [5.41, 5.74) is 0. The topological polar surface area (TPSA) is 12.0 Å². The van der Waals surface area contributed by atoms with E-state index in [4.69, 9.17) is 0 Å². The van der Waals surface area contributed by atoms with E-state index in [1.807, 2.05) is 11.3 Å². The first-order valence-corrected chi connectivity index (χ1v) is 7.87.